The molecule has 0 atom stereocenters. The molecule has 3 rings (SSSR count). The molecular weight excluding hydrogens is 348 g/mol. The van der Waals surface area contributed by atoms with Gasteiger partial charge in [-0.25, -0.2) is 4.99 Å². The van der Waals surface area contributed by atoms with Crippen LogP contribution in [0.5, 0.6) is 11.5 Å². The Balaban J connectivity index is 1.43. The van der Waals surface area contributed by atoms with E-state index in [1.54, 1.807) is 12.3 Å². The van der Waals surface area contributed by atoms with Gasteiger partial charge in [0.25, 0.3) is 0 Å². The van der Waals surface area contributed by atoms with Gasteiger partial charge in [0.1, 0.15) is 12.3 Å². The Labute approximate surface area is 157 Å². The average Bonchev–Trinajstić information content (AvgIpc) is 3.35. The molecule has 1 aromatic carbocycles. The predicted molar refractivity (Wildman–Crippen MR) is 101 cm³/mol. The quantitative estimate of drug-likeness (QED) is 0.479. The summed E-state index contributed by atoms with van der Waals surface area (Å²) in [7, 11) is 0. The maximum Gasteiger partial charge on any atom is 0.242 e. The number of nitrogens with zero attached hydrogens (tertiary/aromatic N) is 1. The Morgan fingerprint density at radius 3 is 2.85 bits per heavy atom. The van der Waals surface area contributed by atoms with Crippen molar-refractivity contribution >= 4 is 11.9 Å². The van der Waals surface area contributed by atoms with Crippen molar-refractivity contribution in [2.24, 2.45) is 4.99 Å². The summed E-state index contributed by atoms with van der Waals surface area (Å²) in [6.45, 7) is 4.04. The molecule has 0 fully saturated rings. The van der Waals surface area contributed by atoms with E-state index in [1.807, 2.05) is 31.2 Å². The van der Waals surface area contributed by atoms with Crippen LogP contribution in [0, 0.1) is 0 Å². The Morgan fingerprint density at radius 1 is 1.15 bits per heavy atom. The maximum absolute atomic E-state index is 11.9. The lowest BCUT2D eigenvalue weighted by molar-refractivity contribution is -0.119. The molecule has 8 heteroatoms. The minimum atomic E-state index is -0.167. The SMILES string of the molecule is CCNC(=NCC(=O)NCc1ccco1)NCCc1ccc2c(c1)OCO2. The molecule has 8 nitrogen and oxygen atoms in total. The monoisotopic (exact) mass is 372 g/mol. The number of hydrogen-bond donors (Lipinski definition) is 3. The fourth-order valence-corrected chi connectivity index (χ4v) is 2.57. The number of aliphatic imine (C=N–C) groups is 1. The second-order valence-electron chi connectivity index (χ2n) is 5.92. The number of fused-ring (bicyclic) bond motifs is 1. The van der Waals surface area contributed by atoms with Gasteiger partial charge in [-0.2, -0.15) is 0 Å². The second-order valence-corrected chi connectivity index (χ2v) is 5.92. The molecule has 0 saturated carbocycles. The fourth-order valence-electron chi connectivity index (χ4n) is 2.57. The predicted octanol–water partition coefficient (Wildman–Crippen LogP) is 1.42. The number of benzene rings is 1. The summed E-state index contributed by atoms with van der Waals surface area (Å²) in [6.07, 6.45) is 2.37. The van der Waals surface area contributed by atoms with Crippen molar-refractivity contribution in [2.45, 2.75) is 19.9 Å². The summed E-state index contributed by atoms with van der Waals surface area (Å²) in [5.41, 5.74) is 1.14. The number of rotatable bonds is 8. The molecule has 2 heterocycles. The van der Waals surface area contributed by atoms with E-state index in [0.717, 1.165) is 23.5 Å². The zero-order valence-corrected chi connectivity index (χ0v) is 15.3. The van der Waals surface area contributed by atoms with E-state index < -0.39 is 0 Å². The third-order valence-corrected chi connectivity index (χ3v) is 3.91. The van der Waals surface area contributed by atoms with Gasteiger partial charge in [0.2, 0.25) is 12.7 Å². The highest BCUT2D eigenvalue weighted by Crippen LogP contribution is 2.32. The van der Waals surface area contributed by atoms with Gasteiger partial charge in [0, 0.05) is 13.1 Å². The molecule has 0 aliphatic carbocycles. The highest BCUT2D eigenvalue weighted by Gasteiger charge is 2.13. The number of nitrogens with one attached hydrogen (secondary N) is 3. The molecule has 1 amide bonds. The molecule has 1 aliphatic heterocycles. The summed E-state index contributed by atoms with van der Waals surface area (Å²) in [6, 6.07) is 9.51. The first-order valence-electron chi connectivity index (χ1n) is 8.94. The van der Waals surface area contributed by atoms with Crippen LogP contribution in [0.2, 0.25) is 0 Å². The molecule has 3 N–H and O–H groups in total. The summed E-state index contributed by atoms with van der Waals surface area (Å²) in [5, 5.41) is 9.13. The molecule has 0 spiro atoms. The average molecular weight is 372 g/mol. The van der Waals surface area contributed by atoms with Crippen molar-refractivity contribution in [3.8, 4) is 11.5 Å². The van der Waals surface area contributed by atoms with Crippen LogP contribution in [0.4, 0.5) is 0 Å². The number of furan rings is 1. The normalized spacial score (nSPS) is 12.7. The van der Waals surface area contributed by atoms with Crippen LogP contribution < -0.4 is 25.4 Å². The largest absolute Gasteiger partial charge is 0.467 e. The van der Waals surface area contributed by atoms with Crippen molar-refractivity contribution in [3.05, 3.63) is 47.9 Å². The third kappa shape index (κ3) is 5.67. The lowest BCUT2D eigenvalue weighted by Gasteiger charge is -2.11. The van der Waals surface area contributed by atoms with E-state index in [1.165, 1.54) is 0 Å². The van der Waals surface area contributed by atoms with E-state index in [-0.39, 0.29) is 19.2 Å². The summed E-state index contributed by atoms with van der Waals surface area (Å²) in [5.74, 6) is 2.70. The number of amides is 1. The first-order valence-corrected chi connectivity index (χ1v) is 8.94. The number of hydrogen-bond acceptors (Lipinski definition) is 5. The lowest BCUT2D eigenvalue weighted by atomic mass is 10.1. The summed E-state index contributed by atoms with van der Waals surface area (Å²) < 4.78 is 15.9. The van der Waals surface area contributed by atoms with E-state index in [2.05, 4.69) is 20.9 Å². The molecular formula is C19H24N4O4. The van der Waals surface area contributed by atoms with Gasteiger partial charge in [-0.3, -0.25) is 4.79 Å². The van der Waals surface area contributed by atoms with Gasteiger partial charge in [-0.1, -0.05) is 6.07 Å². The number of guanidine groups is 1. The van der Waals surface area contributed by atoms with Gasteiger partial charge in [0.15, 0.2) is 17.5 Å². The van der Waals surface area contributed by atoms with Gasteiger partial charge in [-0.15, -0.1) is 0 Å². The fraction of sp³-hybridized carbons (Fsp3) is 0.368. The Morgan fingerprint density at radius 2 is 2.04 bits per heavy atom. The number of carbonyl (C=O) groups is 1. The number of carbonyl (C=O) groups excluding carboxylic acids is 1. The van der Waals surface area contributed by atoms with E-state index in [4.69, 9.17) is 13.9 Å². The van der Waals surface area contributed by atoms with E-state index in [0.29, 0.717) is 31.4 Å². The molecule has 0 saturated heterocycles. The van der Waals surface area contributed by atoms with Gasteiger partial charge in [-0.05, 0) is 43.2 Å². The van der Waals surface area contributed by atoms with Crippen LogP contribution >= 0.6 is 0 Å². The minimum Gasteiger partial charge on any atom is -0.467 e. The molecule has 144 valence electrons. The molecule has 0 unspecified atom stereocenters. The molecule has 0 bridgehead atoms. The van der Waals surface area contributed by atoms with Crippen molar-refractivity contribution < 1.29 is 18.7 Å². The third-order valence-electron chi connectivity index (χ3n) is 3.91. The molecule has 27 heavy (non-hydrogen) atoms. The highest BCUT2D eigenvalue weighted by atomic mass is 16.7. The molecule has 1 aliphatic rings. The summed E-state index contributed by atoms with van der Waals surface area (Å²) >= 11 is 0. The number of ether oxygens (including phenoxy) is 2. The minimum absolute atomic E-state index is 0.0417. The molecule has 1 aromatic heterocycles. The Bertz CT molecular complexity index is 774. The molecule has 0 radical (unpaired) electrons. The Kier molecular flexibility index (Phi) is 6.56. The van der Waals surface area contributed by atoms with Gasteiger partial charge < -0.3 is 29.8 Å². The lowest BCUT2D eigenvalue weighted by Crippen LogP contribution is -2.39. The maximum atomic E-state index is 11.9. The second kappa shape index (κ2) is 9.51. The van der Waals surface area contributed by atoms with E-state index in [9.17, 15) is 4.79 Å². The zero-order chi connectivity index (χ0) is 18.9. The van der Waals surface area contributed by atoms with Gasteiger partial charge in [0.05, 0.1) is 12.8 Å². The summed E-state index contributed by atoms with van der Waals surface area (Å²) in [4.78, 5) is 16.2. The van der Waals surface area contributed by atoms with Crippen LogP contribution in [-0.2, 0) is 17.8 Å². The van der Waals surface area contributed by atoms with Crippen molar-refractivity contribution in [2.75, 3.05) is 26.4 Å². The van der Waals surface area contributed by atoms with Crippen molar-refractivity contribution in [1.82, 2.24) is 16.0 Å². The topological polar surface area (TPSA) is 97.1 Å². The highest BCUT2D eigenvalue weighted by molar-refractivity contribution is 5.84. The first kappa shape index (κ1) is 18.6. The smallest absolute Gasteiger partial charge is 0.242 e. The van der Waals surface area contributed by atoms with E-state index >= 15 is 0 Å². The van der Waals surface area contributed by atoms with Crippen molar-refractivity contribution in [3.63, 3.8) is 0 Å². The first-order chi connectivity index (χ1) is 13.2. The van der Waals surface area contributed by atoms with Crippen LogP contribution in [0.1, 0.15) is 18.2 Å². The van der Waals surface area contributed by atoms with Gasteiger partial charge >= 0.3 is 0 Å². The van der Waals surface area contributed by atoms with Crippen LogP contribution in [0.25, 0.3) is 0 Å². The van der Waals surface area contributed by atoms with Crippen molar-refractivity contribution in [1.29, 1.82) is 0 Å². The zero-order valence-electron chi connectivity index (χ0n) is 15.3. The van der Waals surface area contributed by atoms with Crippen LogP contribution in [0.15, 0.2) is 46.0 Å². The molecule has 2 aromatic rings. The van der Waals surface area contributed by atoms with Crippen LogP contribution in [-0.4, -0.2) is 38.3 Å². The standard InChI is InChI=1S/C19H24N4O4/c1-2-20-19(23-12-18(24)22-11-15-4-3-9-25-15)21-8-7-14-5-6-16-17(10-14)27-13-26-16/h3-6,9-10H,2,7-8,11-13H2,1H3,(H,22,24)(H2,20,21,23). The Hall–Kier alpha value is -3.16. The van der Waals surface area contributed by atoms with Crippen LogP contribution in [0.3, 0.4) is 0 Å².